The second-order valence-corrected chi connectivity index (χ2v) is 18.4. The molecule has 20 heteroatoms. The molecule has 0 radical (unpaired) electrons. The second kappa shape index (κ2) is 24.9. The van der Waals surface area contributed by atoms with Crippen molar-refractivity contribution in [3.63, 3.8) is 0 Å². The Labute approximate surface area is 384 Å². The highest BCUT2D eigenvalue weighted by molar-refractivity contribution is 8.76. The fourth-order valence-electron chi connectivity index (χ4n) is 7.14. The van der Waals surface area contributed by atoms with E-state index < -0.39 is 89.7 Å². The Morgan fingerprint density at radius 2 is 1.31 bits per heavy atom. The van der Waals surface area contributed by atoms with Gasteiger partial charge in [-0.1, -0.05) is 100 Å². The van der Waals surface area contributed by atoms with E-state index in [0.717, 1.165) is 38.1 Å². The maximum absolute atomic E-state index is 14.6. The van der Waals surface area contributed by atoms with Crippen LogP contribution >= 0.6 is 21.6 Å². The molecular weight excluding hydrogens is 873 g/mol. The van der Waals surface area contributed by atoms with E-state index in [1.165, 1.54) is 6.92 Å². The predicted molar refractivity (Wildman–Crippen MR) is 251 cm³/mol. The van der Waals surface area contributed by atoms with Gasteiger partial charge in [-0.05, 0) is 61.9 Å². The van der Waals surface area contributed by atoms with Crippen LogP contribution in [0.15, 0.2) is 91.1 Å². The van der Waals surface area contributed by atoms with Crippen LogP contribution in [0.4, 0.5) is 0 Å². The average Bonchev–Trinajstić information content (AvgIpc) is 3.70. The van der Waals surface area contributed by atoms with Gasteiger partial charge in [0.05, 0.1) is 12.1 Å². The van der Waals surface area contributed by atoms with E-state index in [-0.39, 0.29) is 37.2 Å². The van der Waals surface area contributed by atoms with Crippen LogP contribution < -0.4 is 49.1 Å². The number of carbonyl (C=O) groups is 7. The van der Waals surface area contributed by atoms with E-state index in [9.17, 15) is 38.7 Å². The number of amides is 7. The van der Waals surface area contributed by atoms with Gasteiger partial charge in [0.15, 0.2) is 0 Å². The lowest BCUT2D eigenvalue weighted by Gasteiger charge is -2.29. The molecule has 5 rings (SSSR count). The standard InChI is InChI=1S/C45H58N10O8S2/c1-26(56)38-45(63)53-36(39(48)57)24-64-65-25-37(54-40(58)31(47)20-27-12-4-2-5-13-27)44(62)51-34(21-28-14-6-3-7-15-28)42(60)52-35(22-29-23-49-32-17-9-8-16-30(29)32)43(61)50-33(41(59)55-38)18-10-11-19-46/h2-9,12-17,23,26,31,33-38,49,56H,10-11,18-22,24-25,46-47H2,1H3,(H2,48,57)(H,50,61)(H,51,62)(H,52,60)(H,53,63)(H,54,58)(H,55,59)/t26?,31-,33+,34+,35-,36+,37+,38+/m1/s1. The van der Waals surface area contributed by atoms with E-state index in [1.807, 2.05) is 54.6 Å². The molecule has 4 aromatic rings. The molecule has 14 N–H and O–H groups in total. The highest BCUT2D eigenvalue weighted by Gasteiger charge is 2.35. The van der Waals surface area contributed by atoms with Crippen molar-refractivity contribution in [2.45, 2.75) is 93.8 Å². The summed E-state index contributed by atoms with van der Waals surface area (Å²) in [5.74, 6) is -5.72. The molecule has 1 aliphatic heterocycles. The Kier molecular flexibility index (Phi) is 19.2. The largest absolute Gasteiger partial charge is 0.391 e. The number of rotatable bonds is 14. The summed E-state index contributed by atoms with van der Waals surface area (Å²) in [6.07, 6.45) is 1.31. The number of unbranched alkanes of at least 4 members (excludes halogenated alkanes) is 1. The molecule has 1 aliphatic rings. The highest BCUT2D eigenvalue weighted by atomic mass is 33.1. The zero-order chi connectivity index (χ0) is 46.9. The molecule has 3 aromatic carbocycles. The minimum absolute atomic E-state index is 0.0131. The maximum Gasteiger partial charge on any atom is 0.245 e. The van der Waals surface area contributed by atoms with Crippen LogP contribution in [-0.2, 0) is 52.8 Å². The summed E-state index contributed by atoms with van der Waals surface area (Å²) in [5, 5.41) is 27.6. The molecule has 8 atom stereocenters. The Morgan fingerprint density at radius 3 is 1.97 bits per heavy atom. The summed E-state index contributed by atoms with van der Waals surface area (Å²) in [6.45, 7) is 1.57. The van der Waals surface area contributed by atoms with Gasteiger partial charge in [0, 0.05) is 41.4 Å². The normalized spacial score (nSPS) is 22.9. The lowest BCUT2D eigenvalue weighted by molar-refractivity contribution is -0.136. The molecule has 1 aromatic heterocycles. The van der Waals surface area contributed by atoms with E-state index in [2.05, 4.69) is 36.9 Å². The minimum atomic E-state index is -1.58. The minimum Gasteiger partial charge on any atom is -0.391 e. The number of hydrogen-bond donors (Lipinski definition) is 11. The Morgan fingerprint density at radius 1 is 0.723 bits per heavy atom. The van der Waals surface area contributed by atoms with Crippen LogP contribution in [0, 0.1) is 0 Å². The Balaban J connectivity index is 1.53. The number of nitrogens with two attached hydrogens (primary N) is 3. The Hall–Kier alpha value is -5.93. The topological polar surface area (TPSA) is 306 Å². The van der Waals surface area contributed by atoms with Crippen LogP contribution in [0.5, 0.6) is 0 Å². The summed E-state index contributed by atoms with van der Waals surface area (Å²) in [5.41, 5.74) is 20.7. The second-order valence-electron chi connectivity index (χ2n) is 15.8. The highest BCUT2D eigenvalue weighted by Crippen LogP contribution is 2.24. The fraction of sp³-hybridized carbons (Fsp3) is 0.400. The summed E-state index contributed by atoms with van der Waals surface area (Å²) < 4.78 is 0. The SMILES string of the molecule is CC(O)[C@@H]1NC(=O)[C@H](CCCCN)NC(=O)[C@@H](Cc2c[nH]c3ccccc23)NC(=O)[C@H](Cc2ccccc2)NC(=O)[C@@H](NC(=O)[C@H](N)Cc2ccccc2)CSSC[C@@H](C(N)=O)NC1=O. The molecule has 1 unspecified atom stereocenters. The fourth-order valence-corrected chi connectivity index (χ4v) is 9.48. The first-order valence-corrected chi connectivity index (χ1v) is 23.8. The number of nitrogens with one attached hydrogen (secondary N) is 7. The van der Waals surface area contributed by atoms with Gasteiger partial charge in [0.2, 0.25) is 41.4 Å². The number of aliphatic hydroxyl groups is 1. The van der Waals surface area contributed by atoms with Crippen LogP contribution in [0.25, 0.3) is 10.9 Å². The number of carbonyl (C=O) groups excluding carboxylic acids is 7. The summed E-state index contributed by atoms with van der Waals surface area (Å²) in [7, 11) is 2.14. The molecule has 2 heterocycles. The third-order valence-electron chi connectivity index (χ3n) is 10.8. The number of aromatic amines is 1. The third-order valence-corrected chi connectivity index (χ3v) is 13.2. The quantitative estimate of drug-likeness (QED) is 0.0580. The van der Waals surface area contributed by atoms with E-state index >= 15 is 0 Å². The van der Waals surface area contributed by atoms with Crippen LogP contribution in [-0.4, -0.2) is 118 Å². The van der Waals surface area contributed by atoms with Gasteiger partial charge in [-0.2, -0.15) is 0 Å². The monoisotopic (exact) mass is 930 g/mol. The molecule has 7 amide bonds. The van der Waals surface area contributed by atoms with Crippen molar-refractivity contribution in [1.29, 1.82) is 0 Å². The van der Waals surface area contributed by atoms with Gasteiger partial charge in [-0.3, -0.25) is 33.6 Å². The van der Waals surface area contributed by atoms with Gasteiger partial charge in [0.1, 0.15) is 36.3 Å². The number of primary amides is 1. The van der Waals surface area contributed by atoms with Crippen LogP contribution in [0.1, 0.15) is 42.9 Å². The first kappa shape index (κ1) is 50.1. The summed E-state index contributed by atoms with van der Waals surface area (Å²) in [6, 6.07) is 16.3. The van der Waals surface area contributed by atoms with Crippen molar-refractivity contribution in [2.24, 2.45) is 17.2 Å². The summed E-state index contributed by atoms with van der Waals surface area (Å²) in [4.78, 5) is 100. The van der Waals surface area contributed by atoms with Gasteiger partial charge in [-0.15, -0.1) is 0 Å². The maximum atomic E-state index is 14.6. The van der Waals surface area contributed by atoms with Crippen molar-refractivity contribution in [2.75, 3.05) is 18.1 Å². The number of aliphatic hydroxyl groups excluding tert-OH is 1. The van der Waals surface area contributed by atoms with E-state index in [4.69, 9.17) is 17.2 Å². The molecule has 0 spiro atoms. The van der Waals surface area contributed by atoms with Crippen molar-refractivity contribution in [3.05, 3.63) is 108 Å². The lowest BCUT2D eigenvalue weighted by atomic mass is 10.0. The van der Waals surface area contributed by atoms with E-state index in [0.29, 0.717) is 30.5 Å². The molecule has 65 heavy (non-hydrogen) atoms. The number of benzene rings is 3. The van der Waals surface area contributed by atoms with Crippen molar-refractivity contribution < 1.29 is 38.7 Å². The van der Waals surface area contributed by atoms with E-state index in [1.54, 1.807) is 36.5 Å². The van der Waals surface area contributed by atoms with Gasteiger partial charge < -0.3 is 59.2 Å². The van der Waals surface area contributed by atoms with Crippen molar-refractivity contribution in [3.8, 4) is 0 Å². The zero-order valence-corrected chi connectivity index (χ0v) is 37.6. The van der Waals surface area contributed by atoms with Crippen molar-refractivity contribution >= 4 is 73.8 Å². The molecule has 0 saturated carbocycles. The van der Waals surface area contributed by atoms with Crippen LogP contribution in [0.2, 0.25) is 0 Å². The smallest absolute Gasteiger partial charge is 0.245 e. The molecular formula is C45H58N10O8S2. The van der Waals surface area contributed by atoms with Gasteiger partial charge in [0.25, 0.3) is 0 Å². The third kappa shape index (κ3) is 15.1. The lowest BCUT2D eigenvalue weighted by Crippen LogP contribution is -2.62. The average molecular weight is 931 g/mol. The molecule has 1 fully saturated rings. The Bertz CT molecular complexity index is 2250. The van der Waals surface area contributed by atoms with Crippen molar-refractivity contribution in [1.82, 2.24) is 36.9 Å². The predicted octanol–water partition coefficient (Wildman–Crippen LogP) is -0.178. The number of para-hydroxylation sites is 1. The molecule has 0 aliphatic carbocycles. The molecule has 348 valence electrons. The zero-order valence-electron chi connectivity index (χ0n) is 36.0. The number of aromatic nitrogens is 1. The number of hydrogen-bond acceptors (Lipinski definition) is 12. The summed E-state index contributed by atoms with van der Waals surface area (Å²) >= 11 is 0. The molecule has 18 nitrogen and oxygen atoms in total. The van der Waals surface area contributed by atoms with Crippen LogP contribution in [0.3, 0.4) is 0 Å². The number of H-pyrrole nitrogens is 1. The molecule has 0 bridgehead atoms. The molecule has 1 saturated heterocycles. The first-order chi connectivity index (χ1) is 31.2. The van der Waals surface area contributed by atoms with Gasteiger partial charge >= 0.3 is 0 Å². The first-order valence-electron chi connectivity index (χ1n) is 21.4. The number of fused-ring (bicyclic) bond motifs is 1. The van der Waals surface area contributed by atoms with Gasteiger partial charge in [-0.25, -0.2) is 0 Å².